The fourth-order valence-electron chi connectivity index (χ4n) is 3.15. The van der Waals surface area contributed by atoms with Gasteiger partial charge in [-0.05, 0) is 51.1 Å². The molecule has 140 valence electrons. The molecule has 26 heavy (non-hydrogen) atoms. The smallest absolute Gasteiger partial charge is 0.261 e. The van der Waals surface area contributed by atoms with Crippen molar-refractivity contribution in [1.29, 1.82) is 0 Å². The molecule has 1 atom stereocenters. The van der Waals surface area contributed by atoms with E-state index in [9.17, 15) is 4.79 Å². The minimum Gasteiger partial charge on any atom is -0.352 e. The van der Waals surface area contributed by atoms with E-state index in [0.29, 0.717) is 12.0 Å². The van der Waals surface area contributed by atoms with E-state index in [1.54, 1.807) is 0 Å². The van der Waals surface area contributed by atoms with Crippen LogP contribution in [0.3, 0.4) is 0 Å². The Morgan fingerprint density at radius 1 is 1.31 bits per heavy atom. The van der Waals surface area contributed by atoms with Crippen LogP contribution in [-0.4, -0.2) is 45.9 Å². The number of hydrogen-bond donors (Lipinski definition) is 2. The third kappa shape index (κ3) is 5.51. The number of likely N-dealkylation sites (tertiary alicyclic amines) is 1. The van der Waals surface area contributed by atoms with Crippen molar-refractivity contribution in [2.45, 2.75) is 51.7 Å². The number of carbonyl (C=O) groups is 1. The van der Waals surface area contributed by atoms with Gasteiger partial charge in [-0.3, -0.25) is 9.69 Å². The van der Waals surface area contributed by atoms with Gasteiger partial charge in [0.25, 0.3) is 5.91 Å². The summed E-state index contributed by atoms with van der Waals surface area (Å²) < 4.78 is 0. The van der Waals surface area contributed by atoms with Crippen molar-refractivity contribution in [1.82, 2.24) is 20.2 Å². The van der Waals surface area contributed by atoms with E-state index in [2.05, 4.69) is 39.3 Å². The van der Waals surface area contributed by atoms with E-state index >= 15 is 0 Å². The van der Waals surface area contributed by atoms with E-state index in [1.807, 2.05) is 29.9 Å². The molecule has 1 amide bonds. The van der Waals surface area contributed by atoms with Crippen LogP contribution in [0, 0.1) is 0 Å². The van der Waals surface area contributed by atoms with Gasteiger partial charge in [-0.2, -0.15) is 0 Å². The third-order valence-electron chi connectivity index (χ3n) is 4.43. The predicted octanol–water partition coefficient (Wildman–Crippen LogP) is 3.14. The Hall–Kier alpha value is -1.99. The van der Waals surface area contributed by atoms with Gasteiger partial charge in [-0.1, -0.05) is 6.07 Å². The Kier molecular flexibility index (Phi) is 6.57. The summed E-state index contributed by atoms with van der Waals surface area (Å²) in [7, 11) is 0. The minimum atomic E-state index is 0.0556. The molecule has 7 heteroatoms. The zero-order valence-corrected chi connectivity index (χ0v) is 16.3. The van der Waals surface area contributed by atoms with Crippen molar-refractivity contribution in [3.63, 3.8) is 0 Å². The maximum absolute atomic E-state index is 12.2. The van der Waals surface area contributed by atoms with Crippen LogP contribution in [0.25, 0.3) is 0 Å². The number of anilines is 1. The molecule has 1 saturated heterocycles. The van der Waals surface area contributed by atoms with Crippen molar-refractivity contribution in [2.24, 2.45) is 0 Å². The van der Waals surface area contributed by atoms with Gasteiger partial charge in [-0.15, -0.1) is 11.3 Å². The maximum Gasteiger partial charge on any atom is 0.261 e. The summed E-state index contributed by atoms with van der Waals surface area (Å²) in [6.07, 6.45) is 6.90. The molecule has 0 unspecified atom stereocenters. The molecule has 0 bridgehead atoms. The Bertz CT molecular complexity index is 686. The van der Waals surface area contributed by atoms with E-state index in [-0.39, 0.29) is 11.9 Å². The molecule has 3 heterocycles. The van der Waals surface area contributed by atoms with Gasteiger partial charge in [0.05, 0.1) is 4.88 Å². The molecular formula is C19H27N5OS. The lowest BCUT2D eigenvalue weighted by Gasteiger charge is -2.20. The highest BCUT2D eigenvalue weighted by atomic mass is 32.1. The second-order valence-electron chi connectivity index (χ2n) is 7.07. The van der Waals surface area contributed by atoms with Gasteiger partial charge in [-0.25, -0.2) is 9.97 Å². The molecule has 0 saturated carbocycles. The third-order valence-corrected chi connectivity index (χ3v) is 5.30. The Balaban J connectivity index is 1.48. The summed E-state index contributed by atoms with van der Waals surface area (Å²) >= 11 is 1.49. The molecule has 0 radical (unpaired) electrons. The number of carbonyl (C=O) groups excluding carboxylic acids is 1. The fourth-order valence-corrected chi connectivity index (χ4v) is 3.78. The number of aromatic nitrogens is 2. The molecule has 1 aliphatic heterocycles. The lowest BCUT2D eigenvalue weighted by atomic mass is 10.1. The summed E-state index contributed by atoms with van der Waals surface area (Å²) in [5, 5.41) is 8.33. The number of nitrogens with zero attached hydrogens (tertiary/aromatic N) is 3. The van der Waals surface area contributed by atoms with E-state index in [0.717, 1.165) is 49.3 Å². The molecule has 1 fully saturated rings. The quantitative estimate of drug-likeness (QED) is 0.814. The molecule has 3 rings (SSSR count). The van der Waals surface area contributed by atoms with Crippen molar-refractivity contribution < 1.29 is 4.79 Å². The van der Waals surface area contributed by atoms with Gasteiger partial charge in [0.2, 0.25) is 5.95 Å². The van der Waals surface area contributed by atoms with Gasteiger partial charge in [0.1, 0.15) is 0 Å². The summed E-state index contributed by atoms with van der Waals surface area (Å²) in [6, 6.07) is 4.37. The van der Waals surface area contributed by atoms with E-state index < -0.39 is 0 Å². The normalized spacial score (nSPS) is 18.5. The highest BCUT2D eigenvalue weighted by molar-refractivity contribution is 7.12. The van der Waals surface area contributed by atoms with E-state index in [4.69, 9.17) is 0 Å². The number of nitrogens with one attached hydrogen (secondary N) is 2. The molecule has 1 aliphatic rings. The fraction of sp³-hybridized carbons (Fsp3) is 0.526. The first kappa shape index (κ1) is 18.8. The van der Waals surface area contributed by atoms with Crippen LogP contribution >= 0.6 is 11.3 Å². The first-order chi connectivity index (χ1) is 12.6. The predicted molar refractivity (Wildman–Crippen MR) is 105 cm³/mol. The first-order valence-corrected chi connectivity index (χ1v) is 10.1. The topological polar surface area (TPSA) is 70.2 Å². The standard InChI is InChI=1S/C19H27N5OS/c1-14(2)22-19-20-11-15(12-21-19)13-24-8-3-5-16(7-9-24)23-18(25)17-6-4-10-26-17/h4,6,10-12,14,16H,3,5,7-9,13H2,1-2H3,(H,23,25)(H,20,21,22)/t16-/m0/s1. The maximum atomic E-state index is 12.2. The lowest BCUT2D eigenvalue weighted by molar-refractivity contribution is 0.0937. The largest absolute Gasteiger partial charge is 0.352 e. The monoisotopic (exact) mass is 373 g/mol. The molecule has 2 aromatic heterocycles. The van der Waals surface area contributed by atoms with Crippen LogP contribution in [-0.2, 0) is 6.54 Å². The lowest BCUT2D eigenvalue weighted by Crippen LogP contribution is -2.35. The summed E-state index contributed by atoms with van der Waals surface area (Å²) in [5.74, 6) is 0.732. The van der Waals surface area contributed by atoms with Gasteiger partial charge < -0.3 is 10.6 Å². The van der Waals surface area contributed by atoms with Gasteiger partial charge in [0.15, 0.2) is 0 Å². The van der Waals surface area contributed by atoms with Crippen LogP contribution in [0.1, 0.15) is 48.3 Å². The van der Waals surface area contributed by atoms with Gasteiger partial charge >= 0.3 is 0 Å². The average molecular weight is 374 g/mol. The van der Waals surface area contributed by atoms with Gasteiger partial charge in [0, 0.05) is 43.1 Å². The Labute approximate surface area is 159 Å². The minimum absolute atomic E-state index is 0.0556. The first-order valence-electron chi connectivity index (χ1n) is 9.24. The zero-order chi connectivity index (χ0) is 18.4. The van der Waals surface area contributed by atoms with Crippen LogP contribution < -0.4 is 10.6 Å². The highest BCUT2D eigenvalue weighted by Crippen LogP contribution is 2.16. The van der Waals surface area contributed by atoms with Crippen molar-refractivity contribution >= 4 is 23.2 Å². The number of thiophene rings is 1. The van der Waals surface area contributed by atoms with Crippen molar-refractivity contribution in [3.8, 4) is 0 Å². The number of rotatable bonds is 6. The molecule has 6 nitrogen and oxygen atoms in total. The molecule has 2 aromatic rings. The van der Waals surface area contributed by atoms with Crippen LogP contribution in [0.15, 0.2) is 29.9 Å². The molecule has 0 spiro atoms. The van der Waals surface area contributed by atoms with Crippen LogP contribution in [0.4, 0.5) is 5.95 Å². The second-order valence-corrected chi connectivity index (χ2v) is 8.02. The molecule has 2 N–H and O–H groups in total. The van der Waals surface area contributed by atoms with Crippen LogP contribution in [0.5, 0.6) is 0 Å². The molecular weight excluding hydrogens is 346 g/mol. The highest BCUT2D eigenvalue weighted by Gasteiger charge is 2.19. The van der Waals surface area contributed by atoms with Crippen molar-refractivity contribution in [2.75, 3.05) is 18.4 Å². The van der Waals surface area contributed by atoms with Crippen molar-refractivity contribution in [3.05, 3.63) is 40.3 Å². The zero-order valence-electron chi connectivity index (χ0n) is 15.4. The summed E-state index contributed by atoms with van der Waals surface area (Å²) in [4.78, 5) is 24.2. The number of amides is 1. The van der Waals surface area contributed by atoms with E-state index in [1.165, 1.54) is 11.3 Å². The Morgan fingerprint density at radius 2 is 2.12 bits per heavy atom. The summed E-state index contributed by atoms with van der Waals surface area (Å²) in [6.45, 7) is 7.01. The van der Waals surface area contributed by atoms with Crippen LogP contribution in [0.2, 0.25) is 0 Å². The summed E-state index contributed by atoms with van der Waals surface area (Å²) in [5.41, 5.74) is 1.13. The molecule has 0 aromatic carbocycles. The molecule has 0 aliphatic carbocycles. The average Bonchev–Trinajstić information content (AvgIpc) is 3.07. The second kappa shape index (κ2) is 9.09. The Morgan fingerprint density at radius 3 is 2.81 bits per heavy atom. The number of hydrogen-bond acceptors (Lipinski definition) is 6. The SMILES string of the molecule is CC(C)Nc1ncc(CN2CCC[C@H](NC(=O)c3cccs3)CC2)cn1.